The van der Waals surface area contributed by atoms with Crippen molar-refractivity contribution in [3.63, 3.8) is 0 Å². The average Bonchev–Trinajstić information content (AvgIpc) is 2.44. The molecule has 1 aromatic rings. The third-order valence-corrected chi connectivity index (χ3v) is 3.53. The number of halogens is 4. The van der Waals surface area contributed by atoms with E-state index in [2.05, 4.69) is 5.32 Å². The van der Waals surface area contributed by atoms with Crippen molar-refractivity contribution >= 4 is 12.4 Å². The van der Waals surface area contributed by atoms with Crippen LogP contribution >= 0.6 is 12.4 Å². The number of nitrogens with one attached hydrogen (secondary N) is 1. The molecule has 3 nitrogen and oxygen atoms in total. The Morgan fingerprint density at radius 3 is 2.71 bits per heavy atom. The zero-order valence-electron chi connectivity index (χ0n) is 11.8. The zero-order chi connectivity index (χ0) is 14.6. The number of hydrogen-bond acceptors (Lipinski definition) is 3. The monoisotopic (exact) mass is 324 g/mol. The number of hydrogen-bond donors (Lipinski definition) is 1. The molecule has 0 radical (unpaired) electrons. The largest absolute Gasteiger partial charge is 0.496 e. The molecule has 1 aromatic carbocycles. The molecule has 1 aliphatic rings. The van der Waals surface area contributed by atoms with Crippen molar-refractivity contribution in [2.24, 2.45) is 0 Å². The standard InChI is InChI=1S/C14H19F3N2O.ClH/c1-20-13-5-3-2-4-11(13)12-10-18-7-9-19(12)8-6-14(15,16)17;/h2-5,12,18H,6-10H2,1H3;1H. The van der Waals surface area contributed by atoms with Crippen LogP contribution in [0.25, 0.3) is 0 Å². The van der Waals surface area contributed by atoms with E-state index < -0.39 is 12.6 Å². The molecule has 0 spiro atoms. The lowest BCUT2D eigenvalue weighted by atomic mass is 10.0. The molecule has 0 aliphatic carbocycles. The Morgan fingerprint density at radius 2 is 2.05 bits per heavy atom. The average molecular weight is 325 g/mol. The van der Waals surface area contributed by atoms with Gasteiger partial charge in [-0.15, -0.1) is 12.4 Å². The van der Waals surface area contributed by atoms with Gasteiger partial charge < -0.3 is 10.1 Å². The molecule has 1 aliphatic heterocycles. The van der Waals surface area contributed by atoms with E-state index >= 15 is 0 Å². The van der Waals surface area contributed by atoms with Crippen LogP contribution in [-0.4, -0.2) is 44.4 Å². The molecule has 1 fully saturated rings. The SMILES string of the molecule is COc1ccccc1C1CNCCN1CCC(F)(F)F.Cl. The first kappa shape index (κ1) is 18.1. The lowest BCUT2D eigenvalue weighted by Gasteiger charge is -2.37. The molecule has 7 heteroatoms. The fourth-order valence-corrected chi connectivity index (χ4v) is 2.53. The molecule has 1 unspecified atom stereocenters. The molecule has 2 rings (SSSR count). The predicted molar refractivity (Wildman–Crippen MR) is 78.1 cm³/mol. The van der Waals surface area contributed by atoms with Gasteiger partial charge in [0.05, 0.1) is 19.6 Å². The number of para-hydroxylation sites is 1. The van der Waals surface area contributed by atoms with Crippen LogP contribution in [0.3, 0.4) is 0 Å². The van der Waals surface area contributed by atoms with Crippen LogP contribution in [0.15, 0.2) is 24.3 Å². The first-order valence-corrected chi connectivity index (χ1v) is 6.65. The molecular weight excluding hydrogens is 305 g/mol. The van der Waals surface area contributed by atoms with E-state index in [1.54, 1.807) is 7.11 Å². The number of benzene rings is 1. The minimum absolute atomic E-state index is 0. The predicted octanol–water partition coefficient (Wildman–Crippen LogP) is 3.02. The maximum Gasteiger partial charge on any atom is 0.390 e. The molecule has 0 amide bonds. The van der Waals surface area contributed by atoms with Crippen LogP contribution in [-0.2, 0) is 0 Å². The van der Waals surface area contributed by atoms with Gasteiger partial charge in [0, 0.05) is 31.7 Å². The number of ether oxygens (including phenoxy) is 1. The third kappa shape index (κ3) is 5.05. The van der Waals surface area contributed by atoms with Gasteiger partial charge in [-0.1, -0.05) is 18.2 Å². The minimum atomic E-state index is -4.11. The van der Waals surface area contributed by atoms with Crippen molar-refractivity contribution in [2.75, 3.05) is 33.3 Å². The summed E-state index contributed by atoms with van der Waals surface area (Å²) in [4.78, 5) is 1.88. The summed E-state index contributed by atoms with van der Waals surface area (Å²) in [7, 11) is 1.58. The van der Waals surface area contributed by atoms with Gasteiger partial charge in [-0.05, 0) is 6.07 Å². The van der Waals surface area contributed by atoms with Crippen molar-refractivity contribution in [3.8, 4) is 5.75 Å². The molecule has 0 saturated carbocycles. The molecular formula is C14H20ClF3N2O. The summed E-state index contributed by atoms with van der Waals surface area (Å²) >= 11 is 0. The number of rotatable bonds is 4. The van der Waals surface area contributed by atoms with Crippen molar-refractivity contribution in [1.82, 2.24) is 10.2 Å². The van der Waals surface area contributed by atoms with Gasteiger partial charge in [0.2, 0.25) is 0 Å². The Kier molecular flexibility index (Phi) is 6.77. The topological polar surface area (TPSA) is 24.5 Å². The van der Waals surface area contributed by atoms with Gasteiger partial charge in [0.25, 0.3) is 0 Å². The second kappa shape index (κ2) is 7.87. The maximum atomic E-state index is 12.4. The van der Waals surface area contributed by atoms with Gasteiger partial charge in [-0.3, -0.25) is 4.90 Å². The Hall–Kier alpha value is -0.980. The van der Waals surface area contributed by atoms with Crippen LogP contribution < -0.4 is 10.1 Å². The van der Waals surface area contributed by atoms with Crippen molar-refractivity contribution in [1.29, 1.82) is 0 Å². The minimum Gasteiger partial charge on any atom is -0.496 e. The first-order valence-electron chi connectivity index (χ1n) is 6.65. The smallest absolute Gasteiger partial charge is 0.390 e. The van der Waals surface area contributed by atoms with Crippen molar-refractivity contribution < 1.29 is 17.9 Å². The van der Waals surface area contributed by atoms with E-state index in [1.807, 2.05) is 29.2 Å². The second-order valence-corrected chi connectivity index (χ2v) is 4.86. The van der Waals surface area contributed by atoms with Crippen molar-refractivity contribution in [3.05, 3.63) is 29.8 Å². The normalized spacial score (nSPS) is 19.9. The van der Waals surface area contributed by atoms with Gasteiger partial charge >= 0.3 is 6.18 Å². The lowest BCUT2D eigenvalue weighted by molar-refractivity contribution is -0.139. The summed E-state index contributed by atoms with van der Waals surface area (Å²) in [6.45, 7) is 1.98. The van der Waals surface area contributed by atoms with Crippen LogP contribution in [0.4, 0.5) is 13.2 Å². The summed E-state index contributed by atoms with van der Waals surface area (Å²) < 4.78 is 42.6. The van der Waals surface area contributed by atoms with Gasteiger partial charge in [0.15, 0.2) is 0 Å². The molecule has 1 heterocycles. The molecule has 0 bridgehead atoms. The highest BCUT2D eigenvalue weighted by atomic mass is 35.5. The quantitative estimate of drug-likeness (QED) is 0.921. The molecule has 120 valence electrons. The number of nitrogens with zero attached hydrogens (tertiary/aromatic N) is 1. The van der Waals surface area contributed by atoms with E-state index in [4.69, 9.17) is 4.74 Å². The molecule has 1 saturated heterocycles. The highest BCUT2D eigenvalue weighted by Gasteiger charge is 2.32. The summed E-state index contributed by atoms with van der Waals surface area (Å²) in [6.07, 6.45) is -4.89. The Bertz CT molecular complexity index is 442. The molecule has 21 heavy (non-hydrogen) atoms. The summed E-state index contributed by atoms with van der Waals surface area (Å²) in [6, 6.07) is 7.41. The number of methoxy groups -OCH3 is 1. The maximum absolute atomic E-state index is 12.4. The summed E-state index contributed by atoms with van der Waals surface area (Å²) in [5, 5.41) is 3.23. The van der Waals surface area contributed by atoms with Crippen LogP contribution in [0, 0.1) is 0 Å². The van der Waals surface area contributed by atoms with Gasteiger partial charge in [-0.2, -0.15) is 13.2 Å². The Balaban J connectivity index is 0.00000220. The van der Waals surface area contributed by atoms with E-state index in [0.29, 0.717) is 19.6 Å². The van der Waals surface area contributed by atoms with Crippen LogP contribution in [0.1, 0.15) is 18.0 Å². The Labute approximate surface area is 128 Å². The summed E-state index contributed by atoms with van der Waals surface area (Å²) in [5.74, 6) is 0.721. The molecule has 1 N–H and O–H groups in total. The fraction of sp³-hybridized carbons (Fsp3) is 0.571. The fourth-order valence-electron chi connectivity index (χ4n) is 2.53. The highest BCUT2D eigenvalue weighted by Crippen LogP contribution is 2.31. The lowest BCUT2D eigenvalue weighted by Crippen LogP contribution is -2.47. The number of piperazine rings is 1. The van der Waals surface area contributed by atoms with E-state index in [-0.39, 0.29) is 25.0 Å². The number of alkyl halides is 3. The highest BCUT2D eigenvalue weighted by molar-refractivity contribution is 5.85. The third-order valence-electron chi connectivity index (χ3n) is 3.53. The van der Waals surface area contributed by atoms with E-state index in [1.165, 1.54) is 0 Å². The van der Waals surface area contributed by atoms with Crippen molar-refractivity contribution in [2.45, 2.75) is 18.6 Å². The van der Waals surface area contributed by atoms with E-state index in [9.17, 15) is 13.2 Å². The first-order chi connectivity index (χ1) is 9.51. The van der Waals surface area contributed by atoms with Gasteiger partial charge in [0.1, 0.15) is 5.75 Å². The molecule has 0 aromatic heterocycles. The Morgan fingerprint density at radius 1 is 1.33 bits per heavy atom. The zero-order valence-corrected chi connectivity index (χ0v) is 12.6. The second-order valence-electron chi connectivity index (χ2n) is 4.86. The van der Waals surface area contributed by atoms with Gasteiger partial charge in [-0.25, -0.2) is 0 Å². The summed E-state index contributed by atoms with van der Waals surface area (Å²) in [5.41, 5.74) is 0.935. The van der Waals surface area contributed by atoms with Crippen LogP contribution in [0.5, 0.6) is 5.75 Å². The van der Waals surface area contributed by atoms with Crippen LogP contribution in [0.2, 0.25) is 0 Å². The molecule has 1 atom stereocenters. The van der Waals surface area contributed by atoms with E-state index in [0.717, 1.165) is 11.3 Å².